The summed E-state index contributed by atoms with van der Waals surface area (Å²) in [5.74, 6) is 1.59. The van der Waals surface area contributed by atoms with E-state index in [0.717, 1.165) is 35.5 Å². The van der Waals surface area contributed by atoms with Gasteiger partial charge in [0.25, 0.3) is 0 Å². The Morgan fingerprint density at radius 1 is 1.17 bits per heavy atom. The van der Waals surface area contributed by atoms with Gasteiger partial charge in [-0.3, -0.25) is 9.79 Å². The van der Waals surface area contributed by atoms with Crippen molar-refractivity contribution in [2.45, 2.75) is 37.8 Å². The maximum atomic E-state index is 11.9. The number of carbonyl (C=O) groups excluding carboxylic acids is 1. The van der Waals surface area contributed by atoms with Crippen LogP contribution in [0.15, 0.2) is 58.0 Å². The average Bonchev–Trinajstić information content (AvgIpc) is 3.35. The first-order valence-corrected chi connectivity index (χ1v) is 10.6. The molecule has 2 unspecified atom stereocenters. The van der Waals surface area contributed by atoms with Crippen molar-refractivity contribution in [2.24, 2.45) is 4.99 Å². The molecule has 5 nitrogen and oxygen atoms in total. The number of nitrogens with one attached hydrogen (secondary N) is 2. The van der Waals surface area contributed by atoms with E-state index in [4.69, 9.17) is 0 Å². The van der Waals surface area contributed by atoms with Gasteiger partial charge in [-0.05, 0) is 48.2 Å². The third-order valence-electron chi connectivity index (χ3n) is 5.42. The quantitative estimate of drug-likeness (QED) is 0.319. The first-order chi connectivity index (χ1) is 13.6. The van der Waals surface area contributed by atoms with Gasteiger partial charge in [0, 0.05) is 48.7 Å². The average molecular weight is 569 g/mol. The van der Waals surface area contributed by atoms with Crippen molar-refractivity contribution in [1.29, 1.82) is 0 Å². The minimum atomic E-state index is 0. The van der Waals surface area contributed by atoms with Gasteiger partial charge < -0.3 is 15.5 Å². The Bertz CT molecular complexity index is 869. The lowest BCUT2D eigenvalue weighted by atomic mass is 10.1. The molecule has 1 heterocycles. The van der Waals surface area contributed by atoms with Gasteiger partial charge in [-0.2, -0.15) is 0 Å². The van der Waals surface area contributed by atoms with E-state index >= 15 is 0 Å². The summed E-state index contributed by atoms with van der Waals surface area (Å²) in [6.45, 7) is 1.53. The molecule has 2 aliphatic rings. The maximum absolute atomic E-state index is 11.9. The van der Waals surface area contributed by atoms with Gasteiger partial charge in [-0.15, -0.1) is 24.0 Å². The molecule has 2 fully saturated rings. The van der Waals surface area contributed by atoms with Crippen LogP contribution in [0, 0.1) is 0 Å². The number of halogens is 2. The molecule has 1 aliphatic heterocycles. The van der Waals surface area contributed by atoms with E-state index in [-0.39, 0.29) is 29.9 Å². The lowest BCUT2D eigenvalue weighted by Gasteiger charge is -2.16. The molecular formula is C22H26BrIN4O. The molecule has 154 valence electrons. The minimum absolute atomic E-state index is 0. The van der Waals surface area contributed by atoms with Gasteiger partial charge in [0.1, 0.15) is 0 Å². The Hall–Kier alpha value is -1.61. The Kier molecular flexibility index (Phi) is 7.56. The van der Waals surface area contributed by atoms with Crippen molar-refractivity contribution in [3.8, 4) is 0 Å². The zero-order chi connectivity index (χ0) is 19.5. The Balaban J connectivity index is 0.00000240. The zero-order valence-corrected chi connectivity index (χ0v) is 20.3. The number of aliphatic imine (C=N–C) groups is 1. The van der Waals surface area contributed by atoms with Gasteiger partial charge in [-0.25, -0.2) is 0 Å². The predicted octanol–water partition coefficient (Wildman–Crippen LogP) is 4.42. The molecule has 0 aromatic heterocycles. The van der Waals surface area contributed by atoms with Crippen LogP contribution in [0.5, 0.6) is 0 Å². The number of hydrogen-bond acceptors (Lipinski definition) is 2. The molecule has 0 bridgehead atoms. The predicted molar refractivity (Wildman–Crippen MR) is 132 cm³/mol. The second-order valence-electron chi connectivity index (χ2n) is 7.39. The standard InChI is InChI=1S/C22H25BrN4O.HI/c1-24-22(26-20-13-19(20)16-6-8-17(23)9-7-16)25-14-15-4-10-18(11-5-15)27-12-2-3-21(27)28;/h4-11,19-20H,2-3,12-14H2,1H3,(H2,24,25,26);1H. The van der Waals surface area contributed by atoms with E-state index < -0.39 is 0 Å². The monoisotopic (exact) mass is 568 g/mol. The normalized spacial score (nSPS) is 21.0. The van der Waals surface area contributed by atoms with Crippen LogP contribution in [0.1, 0.15) is 36.3 Å². The van der Waals surface area contributed by atoms with Crippen LogP contribution in [0.2, 0.25) is 0 Å². The summed E-state index contributed by atoms with van der Waals surface area (Å²) in [4.78, 5) is 18.1. The highest BCUT2D eigenvalue weighted by Gasteiger charge is 2.38. The van der Waals surface area contributed by atoms with Crippen molar-refractivity contribution in [2.75, 3.05) is 18.5 Å². The highest BCUT2D eigenvalue weighted by molar-refractivity contribution is 14.0. The van der Waals surface area contributed by atoms with Crippen LogP contribution in [-0.4, -0.2) is 31.5 Å². The number of nitrogens with zero attached hydrogens (tertiary/aromatic N) is 2. The molecule has 1 aliphatic carbocycles. The smallest absolute Gasteiger partial charge is 0.227 e. The van der Waals surface area contributed by atoms with Crippen LogP contribution in [0.3, 0.4) is 0 Å². The van der Waals surface area contributed by atoms with Crippen LogP contribution in [0.4, 0.5) is 5.69 Å². The Labute approximate surface area is 197 Å². The van der Waals surface area contributed by atoms with Crippen LogP contribution in [0.25, 0.3) is 0 Å². The van der Waals surface area contributed by atoms with Crippen molar-refractivity contribution < 1.29 is 4.79 Å². The van der Waals surface area contributed by atoms with E-state index in [1.54, 1.807) is 7.05 Å². The Morgan fingerprint density at radius 3 is 2.52 bits per heavy atom. The van der Waals surface area contributed by atoms with E-state index in [9.17, 15) is 4.79 Å². The summed E-state index contributed by atoms with van der Waals surface area (Å²) in [6, 6.07) is 17.2. The summed E-state index contributed by atoms with van der Waals surface area (Å²) < 4.78 is 1.11. The molecule has 1 saturated heterocycles. The number of hydrogen-bond donors (Lipinski definition) is 2. The molecule has 2 N–H and O–H groups in total. The molecule has 2 aromatic rings. The number of benzene rings is 2. The lowest BCUT2D eigenvalue weighted by molar-refractivity contribution is -0.117. The SMILES string of the molecule is CN=C(NCc1ccc(N2CCCC2=O)cc1)NC1CC1c1ccc(Br)cc1.I. The van der Waals surface area contributed by atoms with E-state index in [1.165, 1.54) is 11.1 Å². The second kappa shape index (κ2) is 9.93. The Morgan fingerprint density at radius 2 is 1.90 bits per heavy atom. The van der Waals surface area contributed by atoms with E-state index in [0.29, 0.717) is 24.9 Å². The summed E-state index contributed by atoms with van der Waals surface area (Å²) >= 11 is 3.49. The van der Waals surface area contributed by atoms with Crippen LogP contribution >= 0.6 is 39.9 Å². The van der Waals surface area contributed by atoms with Gasteiger partial charge in [-0.1, -0.05) is 40.2 Å². The molecule has 1 amide bonds. The fourth-order valence-electron chi connectivity index (χ4n) is 3.70. The highest BCUT2D eigenvalue weighted by Crippen LogP contribution is 2.41. The first kappa shape index (κ1) is 22.1. The molecule has 2 aromatic carbocycles. The maximum Gasteiger partial charge on any atom is 0.227 e. The number of guanidine groups is 1. The topological polar surface area (TPSA) is 56.7 Å². The van der Waals surface area contributed by atoms with Gasteiger partial charge in [0.15, 0.2) is 5.96 Å². The fourth-order valence-corrected chi connectivity index (χ4v) is 3.97. The molecule has 0 radical (unpaired) electrons. The first-order valence-electron chi connectivity index (χ1n) is 9.76. The lowest BCUT2D eigenvalue weighted by Crippen LogP contribution is -2.38. The van der Waals surface area contributed by atoms with Crippen molar-refractivity contribution in [3.63, 3.8) is 0 Å². The molecule has 29 heavy (non-hydrogen) atoms. The molecular weight excluding hydrogens is 543 g/mol. The number of amides is 1. The van der Waals surface area contributed by atoms with Crippen molar-refractivity contribution in [3.05, 3.63) is 64.1 Å². The van der Waals surface area contributed by atoms with Gasteiger partial charge >= 0.3 is 0 Å². The second-order valence-corrected chi connectivity index (χ2v) is 8.30. The summed E-state index contributed by atoms with van der Waals surface area (Å²) in [6.07, 6.45) is 2.74. The number of carbonyl (C=O) groups is 1. The molecule has 2 atom stereocenters. The third-order valence-corrected chi connectivity index (χ3v) is 5.94. The van der Waals surface area contributed by atoms with E-state index in [1.807, 2.05) is 17.0 Å². The third kappa shape index (κ3) is 5.51. The number of anilines is 1. The van der Waals surface area contributed by atoms with Crippen molar-refractivity contribution >= 4 is 57.5 Å². The number of rotatable bonds is 5. The molecule has 4 rings (SSSR count). The summed E-state index contributed by atoms with van der Waals surface area (Å²) in [5.41, 5.74) is 3.52. The van der Waals surface area contributed by atoms with E-state index in [2.05, 4.69) is 68.0 Å². The van der Waals surface area contributed by atoms with Crippen LogP contribution < -0.4 is 15.5 Å². The van der Waals surface area contributed by atoms with Gasteiger partial charge in [0.2, 0.25) is 5.91 Å². The zero-order valence-electron chi connectivity index (χ0n) is 16.4. The molecule has 1 saturated carbocycles. The molecule has 7 heteroatoms. The van der Waals surface area contributed by atoms with Gasteiger partial charge in [0.05, 0.1) is 0 Å². The minimum Gasteiger partial charge on any atom is -0.353 e. The summed E-state index contributed by atoms with van der Waals surface area (Å²) in [7, 11) is 1.80. The largest absolute Gasteiger partial charge is 0.353 e. The van der Waals surface area contributed by atoms with Crippen molar-refractivity contribution in [1.82, 2.24) is 10.6 Å². The highest BCUT2D eigenvalue weighted by atomic mass is 127. The fraction of sp³-hybridized carbons (Fsp3) is 0.364. The summed E-state index contributed by atoms with van der Waals surface area (Å²) in [5, 5.41) is 6.90. The molecule has 0 spiro atoms. The van der Waals surface area contributed by atoms with Crippen LogP contribution in [-0.2, 0) is 11.3 Å².